The molecule has 0 radical (unpaired) electrons. The summed E-state index contributed by atoms with van der Waals surface area (Å²) in [5, 5.41) is 2.73. The van der Waals surface area contributed by atoms with Crippen LogP contribution < -0.4 is 5.32 Å². The largest absolute Gasteiger partial charge is 0.333 e. The topological polar surface area (TPSA) is 55.6 Å². The number of aryl methyl sites for hydroxylation is 1. The van der Waals surface area contributed by atoms with E-state index < -0.39 is 11.6 Å². The van der Waals surface area contributed by atoms with Crippen LogP contribution in [0.3, 0.4) is 0 Å². The van der Waals surface area contributed by atoms with E-state index in [0.717, 1.165) is 5.56 Å². The molecule has 2 heterocycles. The zero-order chi connectivity index (χ0) is 17.4. The van der Waals surface area contributed by atoms with Gasteiger partial charge >= 0.3 is 0 Å². The number of hydrogen-bond donors (Lipinski definition) is 1. The van der Waals surface area contributed by atoms with Gasteiger partial charge in [-0.05, 0) is 12.1 Å². The molecule has 7 heteroatoms. The highest BCUT2D eigenvalue weighted by Gasteiger charge is 2.16. The Labute approximate surface area is 142 Å². The minimum atomic E-state index is -0.705. The third kappa shape index (κ3) is 2.69. The molecule has 0 atom stereocenters. The first-order valence-electron chi connectivity index (χ1n) is 7.59. The Morgan fingerprint density at radius 2 is 1.64 bits per heavy atom. The predicted octanol–water partition coefficient (Wildman–Crippen LogP) is 4.05. The molecule has 0 bridgehead atoms. The Morgan fingerprint density at radius 1 is 0.920 bits per heavy atom. The van der Waals surface area contributed by atoms with Crippen molar-refractivity contribution in [3.63, 3.8) is 0 Å². The summed E-state index contributed by atoms with van der Waals surface area (Å²) in [6.45, 7) is 0. The van der Waals surface area contributed by atoms with E-state index >= 15 is 0 Å². The molecule has 0 saturated heterocycles. The number of hydrogen-bond acceptors (Lipinski definition) is 4. The third-order valence-corrected chi connectivity index (χ3v) is 3.80. The molecule has 0 amide bonds. The summed E-state index contributed by atoms with van der Waals surface area (Å²) in [5.41, 5.74) is 1.52. The highest BCUT2D eigenvalue weighted by atomic mass is 19.1. The number of benzene rings is 2. The fraction of sp³-hybridized carbons (Fsp3) is 0.0556. The molecule has 2 aromatic heterocycles. The van der Waals surface area contributed by atoms with Gasteiger partial charge in [-0.2, -0.15) is 0 Å². The third-order valence-electron chi connectivity index (χ3n) is 3.80. The van der Waals surface area contributed by atoms with Gasteiger partial charge in [0.2, 0.25) is 0 Å². The molecule has 1 N–H and O–H groups in total. The van der Waals surface area contributed by atoms with E-state index in [1.165, 1.54) is 18.2 Å². The van der Waals surface area contributed by atoms with Gasteiger partial charge in [0.05, 0.1) is 6.33 Å². The van der Waals surface area contributed by atoms with Gasteiger partial charge in [-0.25, -0.2) is 23.7 Å². The van der Waals surface area contributed by atoms with Crippen LogP contribution in [0.2, 0.25) is 0 Å². The first-order chi connectivity index (χ1) is 12.1. The Balaban J connectivity index is 1.91. The number of rotatable bonds is 3. The minimum Gasteiger partial charge on any atom is -0.333 e. The number of aromatic nitrogens is 4. The van der Waals surface area contributed by atoms with E-state index in [9.17, 15) is 8.78 Å². The van der Waals surface area contributed by atoms with Crippen LogP contribution in [0.4, 0.5) is 20.3 Å². The molecule has 0 saturated carbocycles. The van der Waals surface area contributed by atoms with Crippen molar-refractivity contribution < 1.29 is 8.78 Å². The van der Waals surface area contributed by atoms with Crippen LogP contribution in [0.25, 0.3) is 22.6 Å². The summed E-state index contributed by atoms with van der Waals surface area (Å²) < 4.78 is 29.7. The van der Waals surface area contributed by atoms with Crippen LogP contribution in [-0.2, 0) is 7.05 Å². The molecule has 0 aliphatic heterocycles. The smallest absolute Gasteiger partial charge is 0.165 e. The summed E-state index contributed by atoms with van der Waals surface area (Å²) in [5.74, 6) is -0.725. The molecule has 4 aromatic rings. The van der Waals surface area contributed by atoms with Crippen molar-refractivity contribution in [2.45, 2.75) is 0 Å². The van der Waals surface area contributed by atoms with E-state index in [4.69, 9.17) is 0 Å². The Bertz CT molecular complexity index is 1040. The van der Waals surface area contributed by atoms with Gasteiger partial charge in [0, 0.05) is 12.6 Å². The Kier molecular flexibility index (Phi) is 3.61. The second-order valence-electron chi connectivity index (χ2n) is 5.51. The number of imidazole rings is 1. The van der Waals surface area contributed by atoms with Crippen molar-refractivity contribution in [2.75, 3.05) is 5.32 Å². The van der Waals surface area contributed by atoms with Crippen LogP contribution in [0.15, 0.2) is 54.9 Å². The lowest BCUT2D eigenvalue weighted by Crippen LogP contribution is -2.03. The van der Waals surface area contributed by atoms with Gasteiger partial charge in [-0.3, -0.25) is 0 Å². The fourth-order valence-electron chi connectivity index (χ4n) is 2.55. The minimum absolute atomic E-state index is 0.244. The van der Waals surface area contributed by atoms with Crippen molar-refractivity contribution >= 4 is 22.7 Å². The fourth-order valence-corrected chi connectivity index (χ4v) is 2.55. The average molecular weight is 337 g/mol. The molecule has 5 nitrogen and oxygen atoms in total. The Morgan fingerprint density at radius 3 is 2.36 bits per heavy atom. The molecular formula is C18H13F2N5. The lowest BCUT2D eigenvalue weighted by Gasteiger charge is -2.10. The van der Waals surface area contributed by atoms with Crippen LogP contribution in [-0.4, -0.2) is 19.5 Å². The summed E-state index contributed by atoms with van der Waals surface area (Å²) >= 11 is 0. The normalized spacial score (nSPS) is 11.0. The van der Waals surface area contributed by atoms with Crippen LogP contribution in [0.5, 0.6) is 0 Å². The van der Waals surface area contributed by atoms with Crippen LogP contribution >= 0.6 is 0 Å². The number of nitrogens with zero attached hydrogens (tertiary/aromatic N) is 4. The molecule has 0 aliphatic carbocycles. The number of halogens is 2. The van der Waals surface area contributed by atoms with Crippen molar-refractivity contribution in [3.8, 4) is 11.4 Å². The molecule has 0 aliphatic rings. The average Bonchev–Trinajstić information content (AvgIpc) is 3.00. The summed E-state index contributed by atoms with van der Waals surface area (Å²) in [6, 6.07) is 13.0. The standard InChI is InChI=1S/C18H13F2N5/c1-25-10-21-15-17(22-14-12(19)8-5-9-13(14)20)23-16(24-18(15)25)11-6-3-2-4-7-11/h2-10H,1H3,(H,22,23,24). The SMILES string of the molecule is Cn1cnc2c(Nc3c(F)cccc3F)nc(-c3ccccc3)nc21. The van der Waals surface area contributed by atoms with Crippen LogP contribution in [0, 0.1) is 11.6 Å². The van der Waals surface area contributed by atoms with E-state index in [2.05, 4.69) is 20.3 Å². The number of para-hydroxylation sites is 1. The van der Waals surface area contributed by atoms with E-state index in [1.807, 2.05) is 30.3 Å². The number of nitrogens with one attached hydrogen (secondary N) is 1. The lowest BCUT2D eigenvalue weighted by molar-refractivity contribution is 0.590. The van der Waals surface area contributed by atoms with Gasteiger partial charge in [-0.1, -0.05) is 36.4 Å². The highest BCUT2D eigenvalue weighted by molar-refractivity contribution is 5.87. The Hall–Kier alpha value is -3.35. The van der Waals surface area contributed by atoms with Crippen molar-refractivity contribution in [1.29, 1.82) is 0 Å². The molecule has 0 spiro atoms. The zero-order valence-corrected chi connectivity index (χ0v) is 13.2. The van der Waals surface area contributed by atoms with Crippen molar-refractivity contribution in [3.05, 3.63) is 66.5 Å². The van der Waals surface area contributed by atoms with E-state index in [1.54, 1.807) is 17.9 Å². The number of fused-ring (bicyclic) bond motifs is 1. The van der Waals surface area contributed by atoms with Crippen molar-refractivity contribution in [2.24, 2.45) is 7.05 Å². The predicted molar refractivity (Wildman–Crippen MR) is 91.4 cm³/mol. The second kappa shape index (κ2) is 5.94. The van der Waals surface area contributed by atoms with Gasteiger partial charge in [0.25, 0.3) is 0 Å². The van der Waals surface area contributed by atoms with Gasteiger partial charge in [-0.15, -0.1) is 0 Å². The molecule has 0 unspecified atom stereocenters. The van der Waals surface area contributed by atoms with Crippen LogP contribution in [0.1, 0.15) is 0 Å². The first kappa shape index (κ1) is 15.2. The molecule has 4 rings (SSSR count). The molecular weight excluding hydrogens is 324 g/mol. The zero-order valence-electron chi connectivity index (χ0n) is 13.2. The second-order valence-corrected chi connectivity index (χ2v) is 5.51. The lowest BCUT2D eigenvalue weighted by atomic mass is 10.2. The summed E-state index contributed by atoms with van der Waals surface area (Å²) in [6.07, 6.45) is 1.58. The molecule has 0 fully saturated rings. The van der Waals surface area contributed by atoms with Gasteiger partial charge in [0.1, 0.15) is 17.3 Å². The maximum atomic E-state index is 14.0. The van der Waals surface area contributed by atoms with E-state index in [0.29, 0.717) is 17.0 Å². The summed E-state index contributed by atoms with van der Waals surface area (Å²) in [4.78, 5) is 13.2. The molecule has 2 aromatic carbocycles. The quantitative estimate of drug-likeness (QED) is 0.613. The summed E-state index contributed by atoms with van der Waals surface area (Å²) in [7, 11) is 1.80. The van der Waals surface area contributed by atoms with E-state index in [-0.39, 0.29) is 11.5 Å². The monoisotopic (exact) mass is 337 g/mol. The molecule has 25 heavy (non-hydrogen) atoms. The van der Waals surface area contributed by atoms with Gasteiger partial charge < -0.3 is 9.88 Å². The number of anilines is 2. The maximum Gasteiger partial charge on any atom is 0.165 e. The first-order valence-corrected chi connectivity index (χ1v) is 7.59. The molecule has 124 valence electrons. The van der Waals surface area contributed by atoms with Crippen molar-refractivity contribution in [1.82, 2.24) is 19.5 Å². The maximum absolute atomic E-state index is 14.0. The highest BCUT2D eigenvalue weighted by Crippen LogP contribution is 2.28. The van der Waals surface area contributed by atoms with Gasteiger partial charge in [0.15, 0.2) is 22.8 Å².